The molecule has 0 unspecified atom stereocenters. The molecule has 0 saturated heterocycles. The zero-order valence-corrected chi connectivity index (χ0v) is 12.9. The topological polar surface area (TPSA) is 61.3 Å². The Hall–Kier alpha value is -1.20. The van der Waals surface area contributed by atoms with Gasteiger partial charge in [-0.3, -0.25) is 0 Å². The van der Waals surface area contributed by atoms with Gasteiger partial charge in [-0.15, -0.1) is 0 Å². The van der Waals surface area contributed by atoms with Gasteiger partial charge in [0.15, 0.2) is 5.69 Å². The summed E-state index contributed by atoms with van der Waals surface area (Å²) in [5.41, 5.74) is 0.110. The van der Waals surface area contributed by atoms with Crippen LogP contribution in [-0.2, 0) is 9.47 Å². The molecule has 0 radical (unpaired) electrons. The quantitative estimate of drug-likeness (QED) is 0.545. The van der Waals surface area contributed by atoms with E-state index in [9.17, 15) is 4.79 Å². The number of halogens is 1. The van der Waals surface area contributed by atoms with Gasteiger partial charge < -0.3 is 9.47 Å². The van der Waals surface area contributed by atoms with Gasteiger partial charge in [0.25, 0.3) is 0 Å². The van der Waals surface area contributed by atoms with Gasteiger partial charge >= 0.3 is 5.97 Å². The molecule has 1 aromatic rings. The molecular weight excluding hydrogens is 280 g/mol. The number of hydrogen-bond donors (Lipinski definition) is 0. The molecule has 0 fully saturated rings. The highest BCUT2D eigenvalue weighted by atomic mass is 35.5. The van der Waals surface area contributed by atoms with Gasteiger partial charge in [-0.25, -0.2) is 14.8 Å². The first-order chi connectivity index (χ1) is 9.56. The maximum atomic E-state index is 11.9. The fourth-order valence-corrected chi connectivity index (χ4v) is 1.58. The van der Waals surface area contributed by atoms with E-state index in [4.69, 9.17) is 21.1 Å². The van der Waals surface area contributed by atoms with Crippen molar-refractivity contribution >= 4 is 17.6 Å². The van der Waals surface area contributed by atoms with Gasteiger partial charge in [0.1, 0.15) is 12.4 Å². The first-order valence-electron chi connectivity index (χ1n) is 6.83. The number of rotatable bonds is 8. The zero-order chi connectivity index (χ0) is 15.0. The number of esters is 1. The summed E-state index contributed by atoms with van der Waals surface area (Å²) in [4.78, 5) is 20.1. The first-order valence-corrected chi connectivity index (χ1v) is 7.21. The molecule has 6 heteroatoms. The Morgan fingerprint density at radius 3 is 2.75 bits per heavy atom. The third kappa shape index (κ3) is 5.43. The molecule has 0 aromatic carbocycles. The van der Waals surface area contributed by atoms with E-state index in [0.29, 0.717) is 19.0 Å². The maximum Gasteiger partial charge on any atom is 0.358 e. The average Bonchev–Trinajstić information content (AvgIpc) is 2.42. The molecule has 112 valence electrons. The molecule has 1 aromatic heterocycles. The van der Waals surface area contributed by atoms with Crippen molar-refractivity contribution in [1.82, 2.24) is 9.97 Å². The zero-order valence-electron chi connectivity index (χ0n) is 12.2. The van der Waals surface area contributed by atoms with E-state index in [-0.39, 0.29) is 23.2 Å². The van der Waals surface area contributed by atoms with Crippen molar-refractivity contribution in [2.45, 2.75) is 39.5 Å². The Morgan fingerprint density at radius 1 is 1.35 bits per heavy atom. The summed E-state index contributed by atoms with van der Waals surface area (Å²) in [6.45, 7) is 7.23. The fourth-order valence-electron chi connectivity index (χ4n) is 1.41. The molecule has 0 bridgehead atoms. The third-order valence-electron chi connectivity index (χ3n) is 2.58. The minimum Gasteiger partial charge on any atom is -0.458 e. The molecule has 0 aliphatic carbocycles. The molecule has 0 saturated carbocycles. The summed E-state index contributed by atoms with van der Waals surface area (Å²) in [7, 11) is 0. The predicted octanol–water partition coefficient (Wildman–Crippen LogP) is 3.23. The van der Waals surface area contributed by atoms with E-state index < -0.39 is 5.97 Å². The monoisotopic (exact) mass is 300 g/mol. The van der Waals surface area contributed by atoms with Crippen LogP contribution < -0.4 is 0 Å². The van der Waals surface area contributed by atoms with Crippen molar-refractivity contribution in [3.05, 3.63) is 22.7 Å². The van der Waals surface area contributed by atoms with Crippen LogP contribution in [0.1, 0.15) is 55.8 Å². The molecule has 1 rings (SSSR count). The van der Waals surface area contributed by atoms with Gasteiger partial charge in [0.2, 0.25) is 0 Å². The third-order valence-corrected chi connectivity index (χ3v) is 2.85. The molecule has 0 aliphatic heterocycles. The van der Waals surface area contributed by atoms with E-state index in [1.54, 1.807) is 0 Å². The number of carbonyl (C=O) groups excluding carboxylic acids is 1. The Morgan fingerprint density at radius 2 is 2.10 bits per heavy atom. The van der Waals surface area contributed by atoms with Crippen molar-refractivity contribution in [2.24, 2.45) is 0 Å². The van der Waals surface area contributed by atoms with E-state index in [1.165, 1.54) is 6.20 Å². The molecule has 0 atom stereocenters. The van der Waals surface area contributed by atoms with E-state index in [1.807, 2.05) is 13.8 Å². The highest BCUT2D eigenvalue weighted by molar-refractivity contribution is 6.33. The lowest BCUT2D eigenvalue weighted by atomic mass is 10.2. The summed E-state index contributed by atoms with van der Waals surface area (Å²) in [5.74, 6) is 0.148. The molecule has 20 heavy (non-hydrogen) atoms. The first kappa shape index (κ1) is 16.9. The van der Waals surface area contributed by atoms with Crippen LogP contribution >= 0.6 is 11.6 Å². The summed E-state index contributed by atoms with van der Waals surface area (Å²) in [6.07, 6.45) is 3.51. The molecule has 0 spiro atoms. The summed E-state index contributed by atoms with van der Waals surface area (Å²) < 4.78 is 10.4. The second kappa shape index (κ2) is 8.87. The van der Waals surface area contributed by atoms with Crippen molar-refractivity contribution in [3.63, 3.8) is 0 Å². The van der Waals surface area contributed by atoms with E-state index in [2.05, 4.69) is 16.9 Å². The van der Waals surface area contributed by atoms with Crippen LogP contribution in [0.4, 0.5) is 0 Å². The van der Waals surface area contributed by atoms with Crippen molar-refractivity contribution < 1.29 is 14.3 Å². The number of unbranched alkanes of at least 4 members (excludes halogenated alkanes) is 1. The lowest BCUT2D eigenvalue weighted by Gasteiger charge is -2.08. The van der Waals surface area contributed by atoms with E-state index >= 15 is 0 Å². The van der Waals surface area contributed by atoms with Crippen molar-refractivity contribution in [3.8, 4) is 0 Å². The number of ether oxygens (including phenoxy) is 2. The molecule has 0 N–H and O–H groups in total. The number of nitrogens with zero attached hydrogens (tertiary/aromatic N) is 2. The van der Waals surface area contributed by atoms with E-state index in [0.717, 1.165) is 12.8 Å². The number of hydrogen-bond acceptors (Lipinski definition) is 5. The van der Waals surface area contributed by atoms with Crippen molar-refractivity contribution in [2.75, 3.05) is 19.8 Å². The highest BCUT2D eigenvalue weighted by Crippen LogP contribution is 2.17. The molecule has 1 heterocycles. The van der Waals surface area contributed by atoms with Crippen LogP contribution in [0.2, 0.25) is 5.02 Å². The largest absolute Gasteiger partial charge is 0.458 e. The normalized spacial score (nSPS) is 10.8. The predicted molar refractivity (Wildman–Crippen MR) is 77.1 cm³/mol. The van der Waals surface area contributed by atoms with Crippen LogP contribution in [0.15, 0.2) is 6.20 Å². The van der Waals surface area contributed by atoms with Crippen LogP contribution in [0.5, 0.6) is 0 Å². The van der Waals surface area contributed by atoms with Gasteiger partial charge in [-0.2, -0.15) is 0 Å². The molecule has 0 amide bonds. The lowest BCUT2D eigenvalue weighted by Crippen LogP contribution is -2.14. The smallest absolute Gasteiger partial charge is 0.358 e. The Bertz CT molecular complexity index is 438. The van der Waals surface area contributed by atoms with Gasteiger partial charge in [0, 0.05) is 12.5 Å². The molecular formula is C14H21ClN2O3. The SMILES string of the molecule is CCCCOCCOC(=O)c1nc(C(C)C)ncc1Cl. The summed E-state index contributed by atoms with van der Waals surface area (Å²) in [5, 5.41) is 0.200. The van der Waals surface area contributed by atoms with Crippen LogP contribution in [0, 0.1) is 0 Å². The fraction of sp³-hybridized carbons (Fsp3) is 0.643. The molecule has 5 nitrogen and oxygen atoms in total. The minimum atomic E-state index is -0.543. The van der Waals surface area contributed by atoms with Crippen LogP contribution in [-0.4, -0.2) is 35.8 Å². The second-order valence-electron chi connectivity index (χ2n) is 4.68. The van der Waals surface area contributed by atoms with Crippen LogP contribution in [0.3, 0.4) is 0 Å². The number of aromatic nitrogens is 2. The summed E-state index contributed by atoms with van der Waals surface area (Å²) in [6, 6.07) is 0. The Balaban J connectivity index is 2.48. The Labute approximate surface area is 124 Å². The number of carbonyl (C=O) groups is 1. The van der Waals surface area contributed by atoms with Gasteiger partial charge in [-0.1, -0.05) is 38.8 Å². The molecule has 0 aliphatic rings. The van der Waals surface area contributed by atoms with Crippen LogP contribution in [0.25, 0.3) is 0 Å². The standard InChI is InChI=1S/C14H21ClN2O3/c1-4-5-6-19-7-8-20-14(18)12-11(15)9-16-13(17-12)10(2)3/h9-10H,4-8H2,1-3H3. The highest BCUT2D eigenvalue weighted by Gasteiger charge is 2.16. The van der Waals surface area contributed by atoms with Gasteiger partial charge in [0.05, 0.1) is 17.8 Å². The lowest BCUT2D eigenvalue weighted by molar-refractivity contribution is 0.0307. The minimum absolute atomic E-state index is 0.110. The van der Waals surface area contributed by atoms with Crippen molar-refractivity contribution in [1.29, 1.82) is 0 Å². The van der Waals surface area contributed by atoms with Gasteiger partial charge in [-0.05, 0) is 6.42 Å². The maximum absolute atomic E-state index is 11.9. The second-order valence-corrected chi connectivity index (χ2v) is 5.09. The summed E-state index contributed by atoms with van der Waals surface area (Å²) >= 11 is 5.92. The average molecular weight is 301 g/mol. The Kier molecular flexibility index (Phi) is 7.47.